The standard InChI is InChI=1S/C16H19ClN4O2/c1-20(11-13-4-3-9-23-13)16(22)19-12-6-8-21(10-12)15-14(17)5-2-7-18-15/h2-5,7,9,12H,6,8,10-11H2,1H3,(H,19,22). The molecule has 0 aliphatic carbocycles. The van der Waals surface area contributed by atoms with Crippen molar-refractivity contribution in [1.82, 2.24) is 15.2 Å². The van der Waals surface area contributed by atoms with E-state index in [0.29, 0.717) is 18.1 Å². The Morgan fingerprint density at radius 1 is 1.52 bits per heavy atom. The molecule has 0 spiro atoms. The molecule has 122 valence electrons. The molecular weight excluding hydrogens is 316 g/mol. The predicted octanol–water partition coefficient (Wildman–Crippen LogP) is 2.75. The molecule has 0 aromatic carbocycles. The number of pyridine rings is 1. The third-order valence-electron chi connectivity index (χ3n) is 3.87. The van der Waals surface area contributed by atoms with E-state index >= 15 is 0 Å². The molecule has 2 aromatic heterocycles. The van der Waals surface area contributed by atoms with Gasteiger partial charge in [-0.2, -0.15) is 0 Å². The van der Waals surface area contributed by atoms with E-state index in [4.69, 9.17) is 16.0 Å². The molecule has 0 radical (unpaired) electrons. The van der Waals surface area contributed by atoms with Crippen LogP contribution in [0, 0.1) is 0 Å². The van der Waals surface area contributed by atoms with Gasteiger partial charge in [0.25, 0.3) is 0 Å². The van der Waals surface area contributed by atoms with Crippen LogP contribution in [0.5, 0.6) is 0 Å². The first-order valence-corrected chi connectivity index (χ1v) is 7.91. The number of hydrogen-bond donors (Lipinski definition) is 1. The van der Waals surface area contributed by atoms with E-state index in [0.717, 1.165) is 24.5 Å². The first-order valence-electron chi connectivity index (χ1n) is 7.53. The molecule has 6 nitrogen and oxygen atoms in total. The second-order valence-electron chi connectivity index (χ2n) is 5.63. The van der Waals surface area contributed by atoms with Gasteiger partial charge in [-0.3, -0.25) is 0 Å². The van der Waals surface area contributed by atoms with Gasteiger partial charge >= 0.3 is 6.03 Å². The van der Waals surface area contributed by atoms with Crippen molar-refractivity contribution in [1.29, 1.82) is 0 Å². The van der Waals surface area contributed by atoms with Crippen LogP contribution < -0.4 is 10.2 Å². The van der Waals surface area contributed by atoms with E-state index in [9.17, 15) is 4.79 Å². The highest BCUT2D eigenvalue weighted by Crippen LogP contribution is 2.25. The van der Waals surface area contributed by atoms with Gasteiger partial charge in [-0.05, 0) is 30.7 Å². The average molecular weight is 335 g/mol. The molecular formula is C16H19ClN4O2. The van der Waals surface area contributed by atoms with E-state index in [2.05, 4.69) is 15.2 Å². The lowest BCUT2D eigenvalue weighted by atomic mass is 10.3. The van der Waals surface area contributed by atoms with Crippen LogP contribution in [0.1, 0.15) is 12.2 Å². The van der Waals surface area contributed by atoms with Crippen LogP contribution in [0.15, 0.2) is 41.1 Å². The molecule has 1 aliphatic heterocycles. The number of carbonyl (C=O) groups is 1. The van der Waals surface area contributed by atoms with Crippen molar-refractivity contribution in [2.24, 2.45) is 0 Å². The number of rotatable bonds is 4. The number of nitrogens with zero attached hydrogens (tertiary/aromatic N) is 3. The van der Waals surface area contributed by atoms with Gasteiger partial charge in [-0.15, -0.1) is 0 Å². The summed E-state index contributed by atoms with van der Waals surface area (Å²) in [5.74, 6) is 1.53. The number of halogens is 1. The molecule has 1 fully saturated rings. The van der Waals surface area contributed by atoms with Crippen LogP contribution in [0.25, 0.3) is 0 Å². The Bertz CT molecular complexity index is 662. The molecule has 1 saturated heterocycles. The normalized spacial score (nSPS) is 17.3. The Labute approximate surface area is 140 Å². The highest BCUT2D eigenvalue weighted by Gasteiger charge is 2.26. The Kier molecular flexibility index (Phi) is 4.71. The van der Waals surface area contributed by atoms with Crippen LogP contribution in [0.3, 0.4) is 0 Å². The summed E-state index contributed by atoms with van der Waals surface area (Å²) in [5, 5.41) is 3.68. The fourth-order valence-corrected chi connectivity index (χ4v) is 2.91. The van der Waals surface area contributed by atoms with Gasteiger partial charge in [-0.25, -0.2) is 9.78 Å². The molecule has 0 bridgehead atoms. The Hall–Kier alpha value is -2.21. The summed E-state index contributed by atoms with van der Waals surface area (Å²) in [6.07, 6.45) is 4.20. The summed E-state index contributed by atoms with van der Waals surface area (Å²) in [7, 11) is 1.75. The maximum absolute atomic E-state index is 12.2. The number of nitrogens with one attached hydrogen (secondary N) is 1. The van der Waals surface area contributed by atoms with Gasteiger partial charge in [0, 0.05) is 32.4 Å². The van der Waals surface area contributed by atoms with Crippen molar-refractivity contribution in [2.75, 3.05) is 25.0 Å². The van der Waals surface area contributed by atoms with Crippen molar-refractivity contribution in [2.45, 2.75) is 19.0 Å². The molecule has 2 amide bonds. The van der Waals surface area contributed by atoms with Crippen molar-refractivity contribution in [3.8, 4) is 0 Å². The lowest BCUT2D eigenvalue weighted by molar-refractivity contribution is 0.199. The zero-order chi connectivity index (χ0) is 16.2. The number of furan rings is 1. The maximum Gasteiger partial charge on any atom is 0.317 e. The minimum Gasteiger partial charge on any atom is -0.467 e. The lowest BCUT2D eigenvalue weighted by Crippen LogP contribution is -2.44. The molecule has 1 N–H and O–H groups in total. The molecule has 23 heavy (non-hydrogen) atoms. The maximum atomic E-state index is 12.2. The topological polar surface area (TPSA) is 61.6 Å². The number of hydrogen-bond acceptors (Lipinski definition) is 4. The summed E-state index contributed by atoms with van der Waals surface area (Å²) in [6.45, 7) is 1.97. The second kappa shape index (κ2) is 6.91. The van der Waals surface area contributed by atoms with Crippen molar-refractivity contribution < 1.29 is 9.21 Å². The Morgan fingerprint density at radius 3 is 3.13 bits per heavy atom. The molecule has 7 heteroatoms. The first-order chi connectivity index (χ1) is 11.1. The lowest BCUT2D eigenvalue weighted by Gasteiger charge is -2.21. The molecule has 1 unspecified atom stereocenters. The Morgan fingerprint density at radius 2 is 2.39 bits per heavy atom. The van der Waals surface area contributed by atoms with E-state index in [-0.39, 0.29) is 12.1 Å². The van der Waals surface area contributed by atoms with Crippen LogP contribution >= 0.6 is 11.6 Å². The summed E-state index contributed by atoms with van der Waals surface area (Å²) in [5.41, 5.74) is 0. The fraction of sp³-hybridized carbons (Fsp3) is 0.375. The molecule has 3 heterocycles. The van der Waals surface area contributed by atoms with Crippen LogP contribution in [-0.2, 0) is 6.54 Å². The Balaban J connectivity index is 1.53. The van der Waals surface area contributed by atoms with Crippen molar-refractivity contribution in [3.05, 3.63) is 47.5 Å². The minimum atomic E-state index is -0.111. The zero-order valence-electron chi connectivity index (χ0n) is 12.9. The molecule has 0 saturated carbocycles. The third-order valence-corrected chi connectivity index (χ3v) is 4.17. The summed E-state index contributed by atoms with van der Waals surface area (Å²) >= 11 is 6.18. The van der Waals surface area contributed by atoms with E-state index in [1.165, 1.54) is 0 Å². The van der Waals surface area contributed by atoms with Gasteiger partial charge in [0.15, 0.2) is 0 Å². The smallest absolute Gasteiger partial charge is 0.317 e. The SMILES string of the molecule is CN(Cc1ccco1)C(=O)NC1CCN(c2ncccc2Cl)C1. The van der Waals surface area contributed by atoms with Gasteiger partial charge < -0.3 is 19.5 Å². The van der Waals surface area contributed by atoms with Gasteiger partial charge in [0.05, 0.1) is 17.8 Å². The highest BCUT2D eigenvalue weighted by atomic mass is 35.5. The van der Waals surface area contributed by atoms with Crippen LogP contribution in [-0.4, -0.2) is 42.1 Å². The zero-order valence-corrected chi connectivity index (χ0v) is 13.7. The van der Waals surface area contributed by atoms with Gasteiger partial charge in [-0.1, -0.05) is 11.6 Å². The average Bonchev–Trinajstić information content (AvgIpc) is 3.19. The van der Waals surface area contributed by atoms with Crippen molar-refractivity contribution >= 4 is 23.4 Å². The predicted molar refractivity (Wildman–Crippen MR) is 88.6 cm³/mol. The van der Waals surface area contributed by atoms with Crippen molar-refractivity contribution in [3.63, 3.8) is 0 Å². The molecule has 1 atom stereocenters. The minimum absolute atomic E-state index is 0.0830. The number of aromatic nitrogens is 1. The molecule has 1 aliphatic rings. The summed E-state index contributed by atoms with van der Waals surface area (Å²) in [4.78, 5) is 20.3. The van der Waals surface area contributed by atoms with E-state index in [1.54, 1.807) is 24.4 Å². The number of carbonyl (C=O) groups excluding carboxylic acids is 1. The van der Waals surface area contributed by atoms with Gasteiger partial charge in [0.1, 0.15) is 11.6 Å². The third kappa shape index (κ3) is 3.76. The number of urea groups is 1. The largest absolute Gasteiger partial charge is 0.467 e. The quantitative estimate of drug-likeness (QED) is 0.934. The van der Waals surface area contributed by atoms with E-state index < -0.39 is 0 Å². The summed E-state index contributed by atoms with van der Waals surface area (Å²) in [6, 6.07) is 7.27. The van der Waals surface area contributed by atoms with Crippen LogP contribution in [0.4, 0.5) is 10.6 Å². The van der Waals surface area contributed by atoms with Gasteiger partial charge in [0.2, 0.25) is 0 Å². The monoisotopic (exact) mass is 334 g/mol. The van der Waals surface area contributed by atoms with Crippen LogP contribution in [0.2, 0.25) is 5.02 Å². The molecule has 3 rings (SSSR count). The number of amides is 2. The second-order valence-corrected chi connectivity index (χ2v) is 6.03. The molecule has 2 aromatic rings. The first kappa shape index (κ1) is 15.7. The summed E-state index contributed by atoms with van der Waals surface area (Å²) < 4.78 is 5.26. The highest BCUT2D eigenvalue weighted by molar-refractivity contribution is 6.32. The fourth-order valence-electron chi connectivity index (χ4n) is 2.67. The number of anilines is 1. The van der Waals surface area contributed by atoms with E-state index in [1.807, 2.05) is 24.3 Å².